The molecule has 2 rings (SSSR count). The van der Waals surface area contributed by atoms with Gasteiger partial charge in [0.2, 0.25) is 0 Å². The molecule has 1 amide bonds. The molecule has 0 bridgehead atoms. The van der Waals surface area contributed by atoms with Gasteiger partial charge in [-0.1, -0.05) is 49.4 Å². The van der Waals surface area contributed by atoms with Gasteiger partial charge in [0.1, 0.15) is 18.4 Å². The van der Waals surface area contributed by atoms with E-state index in [2.05, 4.69) is 5.32 Å². The second-order valence-corrected chi connectivity index (χ2v) is 5.79. The summed E-state index contributed by atoms with van der Waals surface area (Å²) in [6, 6.07) is 15.3. The third-order valence-electron chi connectivity index (χ3n) is 3.64. The number of benzene rings is 2. The summed E-state index contributed by atoms with van der Waals surface area (Å²) >= 11 is 0. The lowest BCUT2D eigenvalue weighted by molar-refractivity contribution is -0.139. The van der Waals surface area contributed by atoms with E-state index in [1.54, 1.807) is 24.3 Å². The van der Waals surface area contributed by atoms with Gasteiger partial charge >= 0.3 is 12.1 Å². The van der Waals surface area contributed by atoms with Gasteiger partial charge in [0.05, 0.1) is 6.61 Å². The number of carbonyl (C=O) groups excluding carboxylic acids is 1. The zero-order valence-corrected chi connectivity index (χ0v) is 14.7. The van der Waals surface area contributed by atoms with Gasteiger partial charge in [-0.25, -0.2) is 9.59 Å². The molecule has 0 aliphatic carbocycles. The summed E-state index contributed by atoms with van der Waals surface area (Å²) < 4.78 is 10.6. The summed E-state index contributed by atoms with van der Waals surface area (Å²) in [5, 5.41) is 11.7. The van der Waals surface area contributed by atoms with Crippen LogP contribution in [0.5, 0.6) is 5.75 Å². The Bertz CT molecular complexity index is 700. The van der Waals surface area contributed by atoms with E-state index in [0.717, 1.165) is 23.3 Å². The molecule has 0 spiro atoms. The first kappa shape index (κ1) is 19.3. The molecular formula is C20H23NO5. The Kier molecular flexibility index (Phi) is 7.49. The van der Waals surface area contributed by atoms with Crippen molar-refractivity contribution in [2.24, 2.45) is 0 Å². The Morgan fingerprint density at radius 2 is 1.73 bits per heavy atom. The van der Waals surface area contributed by atoms with E-state index in [1.807, 2.05) is 37.3 Å². The fourth-order valence-electron chi connectivity index (χ4n) is 2.28. The van der Waals surface area contributed by atoms with Crippen LogP contribution in [-0.2, 0) is 22.6 Å². The van der Waals surface area contributed by atoms with Gasteiger partial charge in [0.15, 0.2) is 0 Å². The van der Waals surface area contributed by atoms with E-state index in [4.69, 9.17) is 9.47 Å². The van der Waals surface area contributed by atoms with E-state index in [1.165, 1.54) is 0 Å². The maximum absolute atomic E-state index is 11.9. The summed E-state index contributed by atoms with van der Waals surface area (Å²) in [5.41, 5.74) is 1.61. The second kappa shape index (κ2) is 10.1. The molecule has 2 N–H and O–H groups in total. The van der Waals surface area contributed by atoms with Crippen molar-refractivity contribution in [1.29, 1.82) is 0 Å². The van der Waals surface area contributed by atoms with E-state index < -0.39 is 18.1 Å². The summed E-state index contributed by atoms with van der Waals surface area (Å²) in [5.74, 6) is -0.384. The number of alkyl carbamates (subject to hydrolysis) is 1. The maximum atomic E-state index is 11.9. The van der Waals surface area contributed by atoms with E-state index in [9.17, 15) is 14.7 Å². The quantitative estimate of drug-likeness (QED) is 0.718. The SMILES string of the molecule is CCCOc1ccc(C[C@H](NC(=O)OCc2ccccc2)C(=O)O)cc1. The molecule has 2 aromatic rings. The Morgan fingerprint density at radius 1 is 1.04 bits per heavy atom. The van der Waals surface area contributed by atoms with Gasteiger partial charge < -0.3 is 19.9 Å². The molecule has 0 saturated heterocycles. The van der Waals surface area contributed by atoms with Crippen molar-refractivity contribution in [3.8, 4) is 5.75 Å². The van der Waals surface area contributed by atoms with E-state index >= 15 is 0 Å². The topological polar surface area (TPSA) is 84.9 Å². The lowest BCUT2D eigenvalue weighted by atomic mass is 10.1. The zero-order chi connectivity index (χ0) is 18.8. The molecule has 0 radical (unpaired) electrons. The van der Waals surface area contributed by atoms with Crippen LogP contribution in [0.3, 0.4) is 0 Å². The number of carbonyl (C=O) groups is 2. The van der Waals surface area contributed by atoms with Gasteiger partial charge in [0, 0.05) is 6.42 Å². The van der Waals surface area contributed by atoms with Crippen LogP contribution in [0.2, 0.25) is 0 Å². The lowest BCUT2D eigenvalue weighted by Crippen LogP contribution is -2.42. The fourth-order valence-corrected chi connectivity index (χ4v) is 2.28. The van der Waals surface area contributed by atoms with Crippen LogP contribution in [-0.4, -0.2) is 29.8 Å². The van der Waals surface area contributed by atoms with Crippen molar-refractivity contribution in [2.45, 2.75) is 32.4 Å². The molecular weight excluding hydrogens is 334 g/mol. The Balaban J connectivity index is 1.87. The molecule has 0 aliphatic rings. The van der Waals surface area contributed by atoms with Crippen LogP contribution < -0.4 is 10.1 Å². The van der Waals surface area contributed by atoms with Gasteiger partial charge in [-0.2, -0.15) is 0 Å². The van der Waals surface area contributed by atoms with Crippen LogP contribution in [0.4, 0.5) is 4.79 Å². The predicted molar refractivity (Wildman–Crippen MR) is 97.1 cm³/mol. The molecule has 0 saturated carbocycles. The minimum Gasteiger partial charge on any atom is -0.494 e. The minimum atomic E-state index is -1.12. The molecule has 0 fully saturated rings. The largest absolute Gasteiger partial charge is 0.494 e. The van der Waals surface area contributed by atoms with E-state index in [-0.39, 0.29) is 13.0 Å². The second-order valence-electron chi connectivity index (χ2n) is 5.79. The average molecular weight is 357 g/mol. The highest BCUT2D eigenvalue weighted by atomic mass is 16.5. The van der Waals surface area contributed by atoms with Crippen molar-refractivity contribution >= 4 is 12.1 Å². The third kappa shape index (κ3) is 6.47. The summed E-state index contributed by atoms with van der Waals surface area (Å²) in [4.78, 5) is 23.3. The number of hydrogen-bond acceptors (Lipinski definition) is 4. The molecule has 6 nitrogen and oxygen atoms in total. The molecule has 0 heterocycles. The van der Waals surface area contributed by atoms with Gasteiger partial charge in [-0.3, -0.25) is 0 Å². The van der Waals surface area contributed by atoms with Crippen LogP contribution >= 0.6 is 0 Å². The van der Waals surface area contributed by atoms with Gasteiger partial charge in [-0.15, -0.1) is 0 Å². The van der Waals surface area contributed by atoms with Crippen molar-refractivity contribution in [3.63, 3.8) is 0 Å². The maximum Gasteiger partial charge on any atom is 0.408 e. The molecule has 6 heteroatoms. The number of carboxylic acid groups (broad SMARTS) is 1. The van der Waals surface area contributed by atoms with Gasteiger partial charge in [0.25, 0.3) is 0 Å². The number of carboxylic acids is 1. The first-order valence-electron chi connectivity index (χ1n) is 8.50. The van der Waals surface area contributed by atoms with E-state index in [0.29, 0.717) is 6.61 Å². The Morgan fingerprint density at radius 3 is 2.35 bits per heavy atom. The standard InChI is InChI=1S/C20H23NO5/c1-2-12-25-17-10-8-15(9-11-17)13-18(19(22)23)21-20(24)26-14-16-6-4-3-5-7-16/h3-11,18H,2,12-14H2,1H3,(H,21,24)(H,22,23)/t18-/m0/s1. The van der Waals surface area contributed by atoms with Gasteiger partial charge in [-0.05, 0) is 29.7 Å². The molecule has 26 heavy (non-hydrogen) atoms. The number of hydrogen-bond donors (Lipinski definition) is 2. The Labute approximate surface area is 152 Å². The van der Waals surface area contributed by atoms with Crippen molar-refractivity contribution in [1.82, 2.24) is 5.32 Å². The predicted octanol–water partition coefficient (Wildman–Crippen LogP) is 3.40. The molecule has 0 unspecified atom stereocenters. The number of amides is 1. The number of aliphatic carboxylic acids is 1. The minimum absolute atomic E-state index is 0.0858. The third-order valence-corrected chi connectivity index (χ3v) is 3.64. The number of nitrogens with one attached hydrogen (secondary N) is 1. The van der Waals surface area contributed by atoms with Crippen molar-refractivity contribution in [3.05, 3.63) is 65.7 Å². The molecule has 0 aromatic heterocycles. The number of rotatable bonds is 9. The molecule has 1 atom stereocenters. The normalized spacial score (nSPS) is 11.4. The highest BCUT2D eigenvalue weighted by molar-refractivity contribution is 5.80. The summed E-state index contributed by atoms with van der Waals surface area (Å²) in [6.07, 6.45) is 0.311. The monoisotopic (exact) mass is 357 g/mol. The number of ether oxygens (including phenoxy) is 2. The average Bonchev–Trinajstić information content (AvgIpc) is 2.66. The van der Waals surface area contributed by atoms with Crippen LogP contribution in [0.15, 0.2) is 54.6 Å². The lowest BCUT2D eigenvalue weighted by Gasteiger charge is -2.15. The highest BCUT2D eigenvalue weighted by Crippen LogP contribution is 2.14. The first-order valence-corrected chi connectivity index (χ1v) is 8.50. The molecule has 2 aromatic carbocycles. The molecule has 138 valence electrons. The van der Waals surface area contributed by atoms with Crippen LogP contribution in [0.1, 0.15) is 24.5 Å². The van der Waals surface area contributed by atoms with Crippen LogP contribution in [0.25, 0.3) is 0 Å². The smallest absolute Gasteiger partial charge is 0.408 e. The summed E-state index contributed by atoms with van der Waals surface area (Å²) in [6.45, 7) is 2.74. The zero-order valence-electron chi connectivity index (χ0n) is 14.7. The fraction of sp³-hybridized carbons (Fsp3) is 0.300. The summed E-state index contributed by atoms with van der Waals surface area (Å²) in [7, 11) is 0. The van der Waals surface area contributed by atoms with Crippen molar-refractivity contribution in [2.75, 3.05) is 6.61 Å². The first-order chi connectivity index (χ1) is 12.6. The Hall–Kier alpha value is -3.02. The van der Waals surface area contributed by atoms with Crippen LogP contribution in [0, 0.1) is 0 Å². The highest BCUT2D eigenvalue weighted by Gasteiger charge is 2.21. The van der Waals surface area contributed by atoms with Crippen molar-refractivity contribution < 1.29 is 24.2 Å². The molecule has 0 aliphatic heterocycles.